The van der Waals surface area contributed by atoms with Gasteiger partial charge in [0.25, 0.3) is 5.91 Å². The van der Waals surface area contributed by atoms with Crippen molar-refractivity contribution in [3.63, 3.8) is 0 Å². The van der Waals surface area contributed by atoms with Crippen LogP contribution in [0.2, 0.25) is 0 Å². The van der Waals surface area contributed by atoms with Gasteiger partial charge in [-0.15, -0.1) is 0 Å². The number of methoxy groups -OCH3 is 1. The first-order valence-electron chi connectivity index (χ1n) is 11.3. The minimum Gasteiger partial charge on any atom is -0.479 e. The number of benzene rings is 2. The Kier molecular flexibility index (Phi) is 7.82. The molecule has 0 aromatic heterocycles. The van der Waals surface area contributed by atoms with Gasteiger partial charge in [0.1, 0.15) is 6.61 Å². The number of alkyl carbamates (subject to hydrolysis) is 1. The van der Waals surface area contributed by atoms with Gasteiger partial charge in [0, 0.05) is 13.0 Å². The normalized spacial score (nSPS) is 14.0. The Morgan fingerprint density at radius 1 is 0.971 bits per heavy atom. The van der Waals surface area contributed by atoms with Gasteiger partial charge in [-0.05, 0) is 49.9 Å². The number of ether oxygens (including phenoxy) is 2. The number of rotatable bonds is 10. The highest BCUT2D eigenvalue weighted by Crippen LogP contribution is 2.44. The SMILES string of the molecule is COCC(ONC(=O)C(C)(C)C(C)(C)NC(=O)OCC1c2ccccc2-c2ccccc21)C(=O)O. The molecule has 0 bridgehead atoms. The molecule has 0 heterocycles. The van der Waals surface area contributed by atoms with E-state index >= 15 is 0 Å². The molecule has 3 rings (SSSR count). The first-order chi connectivity index (χ1) is 16.5. The fourth-order valence-electron chi connectivity index (χ4n) is 3.89. The number of aliphatic carboxylic acids is 1. The average Bonchev–Trinajstić information content (AvgIpc) is 3.13. The van der Waals surface area contributed by atoms with E-state index in [2.05, 4.69) is 22.9 Å². The van der Waals surface area contributed by atoms with E-state index in [4.69, 9.17) is 19.4 Å². The zero-order chi connectivity index (χ0) is 25.8. The number of carbonyl (C=O) groups excluding carboxylic acids is 2. The average molecular weight is 485 g/mol. The third kappa shape index (κ3) is 5.47. The summed E-state index contributed by atoms with van der Waals surface area (Å²) in [5.74, 6) is -1.97. The van der Waals surface area contributed by atoms with E-state index in [1.54, 1.807) is 27.7 Å². The minimum absolute atomic E-state index is 0.0882. The molecule has 2 aromatic rings. The summed E-state index contributed by atoms with van der Waals surface area (Å²) in [5, 5.41) is 11.9. The molecule has 1 unspecified atom stereocenters. The molecule has 35 heavy (non-hydrogen) atoms. The lowest BCUT2D eigenvalue weighted by Crippen LogP contribution is -2.60. The second-order valence-corrected chi connectivity index (χ2v) is 9.53. The third-order valence-corrected chi connectivity index (χ3v) is 6.78. The summed E-state index contributed by atoms with van der Waals surface area (Å²) in [6.07, 6.45) is -2.03. The first-order valence-corrected chi connectivity index (χ1v) is 11.3. The third-order valence-electron chi connectivity index (χ3n) is 6.78. The summed E-state index contributed by atoms with van der Waals surface area (Å²) >= 11 is 0. The van der Waals surface area contributed by atoms with E-state index in [0.717, 1.165) is 22.3 Å². The van der Waals surface area contributed by atoms with Gasteiger partial charge in [0.15, 0.2) is 0 Å². The highest BCUT2D eigenvalue weighted by molar-refractivity contribution is 5.84. The molecular weight excluding hydrogens is 452 g/mol. The molecule has 1 aliphatic rings. The number of fused-ring (bicyclic) bond motifs is 3. The Balaban J connectivity index is 1.63. The minimum atomic E-state index is -1.36. The number of amides is 2. The zero-order valence-electron chi connectivity index (χ0n) is 20.6. The molecule has 1 atom stereocenters. The van der Waals surface area contributed by atoms with E-state index in [1.165, 1.54) is 7.11 Å². The maximum absolute atomic E-state index is 12.8. The first kappa shape index (κ1) is 26.2. The van der Waals surface area contributed by atoms with Crippen LogP contribution in [0, 0.1) is 5.41 Å². The molecule has 188 valence electrons. The molecular formula is C26H32N2O7. The van der Waals surface area contributed by atoms with Crippen LogP contribution in [0.3, 0.4) is 0 Å². The highest BCUT2D eigenvalue weighted by atomic mass is 16.7. The Hall–Kier alpha value is -3.43. The molecule has 0 saturated heterocycles. The predicted octanol–water partition coefficient (Wildman–Crippen LogP) is 3.48. The highest BCUT2D eigenvalue weighted by Gasteiger charge is 2.45. The lowest BCUT2D eigenvalue weighted by molar-refractivity contribution is -0.169. The summed E-state index contributed by atoms with van der Waals surface area (Å²) in [6, 6.07) is 16.1. The van der Waals surface area contributed by atoms with Gasteiger partial charge >= 0.3 is 12.1 Å². The molecule has 2 aromatic carbocycles. The van der Waals surface area contributed by atoms with Crippen LogP contribution in [0.25, 0.3) is 11.1 Å². The summed E-state index contributed by atoms with van der Waals surface area (Å²) < 4.78 is 10.4. The second kappa shape index (κ2) is 10.5. The van der Waals surface area contributed by atoms with Gasteiger partial charge in [0.05, 0.1) is 17.6 Å². The largest absolute Gasteiger partial charge is 0.479 e. The molecule has 0 saturated carbocycles. The van der Waals surface area contributed by atoms with Crippen molar-refractivity contribution in [2.75, 3.05) is 20.3 Å². The van der Waals surface area contributed by atoms with Gasteiger partial charge in [-0.1, -0.05) is 48.5 Å². The fraction of sp³-hybridized carbons (Fsp3) is 0.423. The van der Waals surface area contributed by atoms with E-state index in [-0.39, 0.29) is 19.1 Å². The quantitative estimate of drug-likeness (QED) is 0.441. The van der Waals surface area contributed by atoms with Crippen molar-refractivity contribution < 1.29 is 33.8 Å². The lowest BCUT2D eigenvalue weighted by atomic mass is 9.74. The molecule has 9 nitrogen and oxygen atoms in total. The smallest absolute Gasteiger partial charge is 0.407 e. The molecule has 3 N–H and O–H groups in total. The van der Waals surface area contributed by atoms with E-state index in [1.807, 2.05) is 36.4 Å². The van der Waals surface area contributed by atoms with Crippen LogP contribution in [0.1, 0.15) is 44.7 Å². The van der Waals surface area contributed by atoms with Gasteiger partial charge in [0.2, 0.25) is 6.10 Å². The Bertz CT molecular complexity index is 1050. The van der Waals surface area contributed by atoms with Crippen molar-refractivity contribution in [3.8, 4) is 11.1 Å². The number of hydrogen-bond donors (Lipinski definition) is 3. The van der Waals surface area contributed by atoms with Gasteiger partial charge in [-0.3, -0.25) is 9.63 Å². The molecule has 0 fully saturated rings. The standard InChI is InChI=1S/C26H32N2O7/c1-25(2,23(31)28-35-21(15-33-5)22(29)30)26(3,4)27-24(32)34-14-20-18-12-8-6-10-16(18)17-11-7-9-13-19(17)20/h6-13,20-21H,14-15H2,1-5H3,(H,27,32)(H,28,31)(H,29,30). The van der Waals surface area contributed by atoms with Crippen LogP contribution in [0.5, 0.6) is 0 Å². The van der Waals surface area contributed by atoms with Crippen LogP contribution in [-0.4, -0.2) is 55.0 Å². The summed E-state index contributed by atoms with van der Waals surface area (Å²) in [7, 11) is 1.33. The summed E-state index contributed by atoms with van der Waals surface area (Å²) in [4.78, 5) is 41.8. The number of carbonyl (C=O) groups is 3. The van der Waals surface area contributed by atoms with Crippen LogP contribution < -0.4 is 10.8 Å². The van der Waals surface area contributed by atoms with Crippen molar-refractivity contribution in [1.29, 1.82) is 0 Å². The van der Waals surface area contributed by atoms with Crippen LogP contribution in [0.4, 0.5) is 4.79 Å². The van der Waals surface area contributed by atoms with E-state index in [9.17, 15) is 14.4 Å². The maximum atomic E-state index is 12.8. The van der Waals surface area contributed by atoms with Gasteiger partial charge < -0.3 is 19.9 Å². The molecule has 1 aliphatic carbocycles. The van der Waals surface area contributed by atoms with Gasteiger partial charge in [-0.2, -0.15) is 0 Å². The van der Waals surface area contributed by atoms with Crippen molar-refractivity contribution in [1.82, 2.24) is 10.8 Å². The number of nitrogens with one attached hydrogen (secondary N) is 2. The maximum Gasteiger partial charge on any atom is 0.407 e. The van der Waals surface area contributed by atoms with Crippen molar-refractivity contribution in [2.45, 2.75) is 45.3 Å². The Morgan fingerprint density at radius 3 is 2.03 bits per heavy atom. The van der Waals surface area contributed by atoms with E-state index < -0.39 is 35.0 Å². The fourth-order valence-corrected chi connectivity index (χ4v) is 3.89. The zero-order valence-corrected chi connectivity index (χ0v) is 20.6. The van der Waals surface area contributed by atoms with Gasteiger partial charge in [-0.25, -0.2) is 15.1 Å². The van der Waals surface area contributed by atoms with Crippen LogP contribution >= 0.6 is 0 Å². The number of hydrogen-bond acceptors (Lipinski definition) is 6. The molecule has 9 heteroatoms. The number of carboxylic acid groups (broad SMARTS) is 1. The Labute approximate surface area is 204 Å². The molecule has 0 radical (unpaired) electrons. The van der Waals surface area contributed by atoms with Crippen molar-refractivity contribution in [2.24, 2.45) is 5.41 Å². The topological polar surface area (TPSA) is 123 Å². The van der Waals surface area contributed by atoms with Crippen molar-refractivity contribution >= 4 is 18.0 Å². The summed E-state index contributed by atoms with van der Waals surface area (Å²) in [5.41, 5.74) is 4.38. The van der Waals surface area contributed by atoms with Crippen LogP contribution in [-0.2, 0) is 23.9 Å². The lowest BCUT2D eigenvalue weighted by Gasteiger charge is -2.40. The molecule has 0 aliphatic heterocycles. The number of carboxylic acids is 1. The predicted molar refractivity (Wildman–Crippen MR) is 129 cm³/mol. The molecule has 0 spiro atoms. The summed E-state index contributed by atoms with van der Waals surface area (Å²) in [6.45, 7) is 6.49. The van der Waals surface area contributed by atoms with Crippen molar-refractivity contribution in [3.05, 3.63) is 59.7 Å². The Morgan fingerprint density at radius 2 is 1.51 bits per heavy atom. The molecule has 2 amide bonds. The number of hydroxylamine groups is 1. The van der Waals surface area contributed by atoms with E-state index in [0.29, 0.717) is 0 Å². The van der Waals surface area contributed by atoms with Crippen LogP contribution in [0.15, 0.2) is 48.5 Å². The second-order valence-electron chi connectivity index (χ2n) is 9.53. The monoisotopic (exact) mass is 484 g/mol.